The second-order valence-electron chi connectivity index (χ2n) is 4.21. The van der Waals surface area contributed by atoms with Gasteiger partial charge < -0.3 is 10.5 Å². The Bertz CT molecular complexity index is 548. The van der Waals surface area contributed by atoms with E-state index in [0.29, 0.717) is 11.6 Å². The number of halogens is 1. The van der Waals surface area contributed by atoms with E-state index in [1.165, 1.54) is 0 Å². The summed E-state index contributed by atoms with van der Waals surface area (Å²) in [4.78, 5) is 4.24. The van der Waals surface area contributed by atoms with Crippen molar-refractivity contribution >= 4 is 23.4 Å². The molecule has 0 radical (unpaired) electrons. The van der Waals surface area contributed by atoms with Crippen LogP contribution in [-0.4, -0.2) is 17.3 Å². The Hall–Kier alpha value is -1.23. The van der Waals surface area contributed by atoms with Crippen molar-refractivity contribution in [2.24, 2.45) is 5.73 Å². The van der Waals surface area contributed by atoms with Gasteiger partial charge in [0.05, 0.1) is 11.6 Å². The number of benzene rings is 1. The Morgan fingerprint density at radius 1 is 1.30 bits per heavy atom. The van der Waals surface area contributed by atoms with Crippen LogP contribution in [0.3, 0.4) is 0 Å². The number of hydrogen-bond acceptors (Lipinski definition) is 4. The molecule has 2 N–H and O–H groups in total. The van der Waals surface area contributed by atoms with E-state index in [2.05, 4.69) is 4.98 Å². The lowest BCUT2D eigenvalue weighted by Gasteiger charge is -2.12. The van der Waals surface area contributed by atoms with Gasteiger partial charge in [0.25, 0.3) is 0 Å². The fourth-order valence-electron chi connectivity index (χ4n) is 1.72. The highest BCUT2D eigenvalue weighted by atomic mass is 35.5. The molecule has 0 spiro atoms. The molecular formula is C15H17ClN2OS. The molecule has 1 heterocycles. The summed E-state index contributed by atoms with van der Waals surface area (Å²) in [5.41, 5.74) is 7.26. The highest BCUT2D eigenvalue weighted by molar-refractivity contribution is 7.99. The van der Waals surface area contributed by atoms with Gasteiger partial charge in [-0.1, -0.05) is 23.7 Å². The average molecular weight is 309 g/mol. The zero-order valence-corrected chi connectivity index (χ0v) is 12.8. The van der Waals surface area contributed by atoms with Crippen molar-refractivity contribution in [3.63, 3.8) is 0 Å². The Labute approximate surface area is 128 Å². The lowest BCUT2D eigenvalue weighted by molar-refractivity contribution is 0.340. The van der Waals surface area contributed by atoms with Crippen molar-refractivity contribution in [2.45, 2.75) is 18.0 Å². The van der Waals surface area contributed by atoms with Gasteiger partial charge in [-0.3, -0.25) is 0 Å². The summed E-state index contributed by atoms with van der Waals surface area (Å²) in [5, 5.41) is 1.48. The smallest absolute Gasteiger partial charge is 0.119 e. The van der Waals surface area contributed by atoms with Gasteiger partial charge in [0.2, 0.25) is 0 Å². The maximum Gasteiger partial charge on any atom is 0.119 e. The first-order chi connectivity index (χ1) is 9.70. The standard InChI is InChI=1S/C15H17ClN2OS/c1-2-19-12-7-5-11(6-8-12)14(17)10-20-15-13(16)4-3-9-18-15/h3-9,14H,2,10,17H2,1H3. The average Bonchev–Trinajstić information content (AvgIpc) is 2.47. The molecule has 0 aliphatic rings. The minimum absolute atomic E-state index is 0.0613. The third-order valence-corrected chi connectivity index (χ3v) is 4.29. The number of thioether (sulfide) groups is 1. The molecule has 1 unspecified atom stereocenters. The predicted octanol–water partition coefficient (Wildman–Crippen LogP) is 3.93. The first-order valence-corrected chi connectivity index (χ1v) is 7.78. The van der Waals surface area contributed by atoms with Crippen molar-refractivity contribution in [1.82, 2.24) is 4.98 Å². The largest absolute Gasteiger partial charge is 0.494 e. The zero-order valence-electron chi connectivity index (χ0n) is 11.3. The van der Waals surface area contributed by atoms with Gasteiger partial charge in [-0.15, -0.1) is 11.8 Å². The monoisotopic (exact) mass is 308 g/mol. The van der Waals surface area contributed by atoms with Crippen LogP contribution < -0.4 is 10.5 Å². The van der Waals surface area contributed by atoms with Crippen LogP contribution in [0.15, 0.2) is 47.6 Å². The van der Waals surface area contributed by atoms with Crippen LogP contribution >= 0.6 is 23.4 Å². The number of pyridine rings is 1. The Balaban J connectivity index is 1.94. The van der Waals surface area contributed by atoms with E-state index in [1.807, 2.05) is 43.3 Å². The van der Waals surface area contributed by atoms with E-state index in [-0.39, 0.29) is 6.04 Å². The molecule has 1 aromatic carbocycles. The van der Waals surface area contributed by atoms with Gasteiger partial charge in [0.1, 0.15) is 10.8 Å². The lowest BCUT2D eigenvalue weighted by atomic mass is 10.1. The van der Waals surface area contributed by atoms with Crippen molar-refractivity contribution in [3.8, 4) is 5.75 Å². The van der Waals surface area contributed by atoms with Gasteiger partial charge in [-0.2, -0.15) is 0 Å². The minimum Gasteiger partial charge on any atom is -0.494 e. The lowest BCUT2D eigenvalue weighted by Crippen LogP contribution is -2.13. The molecule has 20 heavy (non-hydrogen) atoms. The molecule has 2 rings (SSSR count). The summed E-state index contributed by atoms with van der Waals surface area (Å²) in [5.74, 6) is 1.59. The SMILES string of the molecule is CCOc1ccc(C(N)CSc2ncccc2Cl)cc1. The van der Waals surface area contributed by atoms with E-state index in [0.717, 1.165) is 22.1 Å². The highest BCUT2D eigenvalue weighted by Crippen LogP contribution is 2.27. The molecule has 2 aromatic rings. The summed E-state index contributed by atoms with van der Waals surface area (Å²) >= 11 is 7.63. The molecule has 0 aliphatic heterocycles. The molecule has 0 saturated carbocycles. The van der Waals surface area contributed by atoms with E-state index < -0.39 is 0 Å². The van der Waals surface area contributed by atoms with Crippen LogP contribution in [0.1, 0.15) is 18.5 Å². The van der Waals surface area contributed by atoms with Gasteiger partial charge in [0, 0.05) is 18.0 Å². The number of nitrogens with two attached hydrogens (primary N) is 1. The van der Waals surface area contributed by atoms with E-state index in [1.54, 1.807) is 18.0 Å². The van der Waals surface area contributed by atoms with Crippen LogP contribution in [0.5, 0.6) is 5.75 Å². The van der Waals surface area contributed by atoms with E-state index in [9.17, 15) is 0 Å². The molecule has 106 valence electrons. The van der Waals surface area contributed by atoms with Crippen molar-refractivity contribution in [1.29, 1.82) is 0 Å². The van der Waals surface area contributed by atoms with Crippen LogP contribution in [0.25, 0.3) is 0 Å². The Kier molecular flexibility index (Phi) is 5.71. The van der Waals surface area contributed by atoms with Gasteiger partial charge >= 0.3 is 0 Å². The molecule has 0 bridgehead atoms. The molecule has 5 heteroatoms. The van der Waals surface area contributed by atoms with Crippen LogP contribution in [0.2, 0.25) is 5.02 Å². The van der Waals surface area contributed by atoms with Gasteiger partial charge in [0.15, 0.2) is 0 Å². The fourth-order valence-corrected chi connectivity index (χ4v) is 2.88. The number of hydrogen-bond donors (Lipinski definition) is 1. The molecule has 3 nitrogen and oxygen atoms in total. The number of aromatic nitrogens is 1. The van der Waals surface area contributed by atoms with Crippen LogP contribution in [0.4, 0.5) is 0 Å². The third kappa shape index (κ3) is 4.13. The van der Waals surface area contributed by atoms with Crippen LogP contribution in [-0.2, 0) is 0 Å². The van der Waals surface area contributed by atoms with Crippen molar-refractivity contribution in [2.75, 3.05) is 12.4 Å². The van der Waals surface area contributed by atoms with E-state index in [4.69, 9.17) is 22.1 Å². The van der Waals surface area contributed by atoms with Crippen molar-refractivity contribution in [3.05, 3.63) is 53.2 Å². The predicted molar refractivity (Wildman–Crippen MR) is 84.5 cm³/mol. The first-order valence-electron chi connectivity index (χ1n) is 6.42. The number of nitrogens with zero attached hydrogens (tertiary/aromatic N) is 1. The fraction of sp³-hybridized carbons (Fsp3) is 0.267. The summed E-state index contributed by atoms with van der Waals surface area (Å²) in [7, 11) is 0. The summed E-state index contributed by atoms with van der Waals surface area (Å²) in [6.07, 6.45) is 1.73. The van der Waals surface area contributed by atoms with Crippen LogP contribution in [0, 0.1) is 0 Å². The molecule has 0 fully saturated rings. The van der Waals surface area contributed by atoms with Gasteiger partial charge in [-0.05, 0) is 36.8 Å². The second-order valence-corrected chi connectivity index (χ2v) is 5.63. The van der Waals surface area contributed by atoms with Gasteiger partial charge in [-0.25, -0.2) is 4.98 Å². The quantitative estimate of drug-likeness (QED) is 0.822. The summed E-state index contributed by atoms with van der Waals surface area (Å²) < 4.78 is 5.41. The summed E-state index contributed by atoms with van der Waals surface area (Å²) in [6, 6.07) is 11.5. The maximum atomic E-state index is 6.18. The molecule has 1 atom stereocenters. The first kappa shape index (κ1) is 15.2. The molecule has 0 aliphatic carbocycles. The number of rotatable bonds is 6. The Morgan fingerprint density at radius 2 is 2.05 bits per heavy atom. The molecule has 1 aromatic heterocycles. The molecule has 0 saturated heterocycles. The van der Waals surface area contributed by atoms with E-state index >= 15 is 0 Å². The number of ether oxygens (including phenoxy) is 1. The zero-order chi connectivity index (χ0) is 14.4. The Morgan fingerprint density at radius 3 is 2.70 bits per heavy atom. The molecular weight excluding hydrogens is 292 g/mol. The topological polar surface area (TPSA) is 48.1 Å². The normalized spacial score (nSPS) is 12.2. The summed E-state index contributed by atoms with van der Waals surface area (Å²) in [6.45, 7) is 2.63. The minimum atomic E-state index is -0.0613. The maximum absolute atomic E-state index is 6.18. The van der Waals surface area contributed by atoms with Crippen molar-refractivity contribution < 1.29 is 4.74 Å². The highest BCUT2D eigenvalue weighted by Gasteiger charge is 2.09. The third-order valence-electron chi connectivity index (χ3n) is 2.74. The second kappa shape index (κ2) is 7.53. The molecule has 0 amide bonds.